The number of likely N-dealkylation sites (N-methyl/N-ethyl adjacent to an activating group) is 1. The third-order valence-corrected chi connectivity index (χ3v) is 6.28. The summed E-state index contributed by atoms with van der Waals surface area (Å²) in [5.74, 6) is -0.862. The normalized spacial score (nSPS) is 16.7. The molecule has 1 heterocycles. The molecule has 0 saturated carbocycles. The molecule has 1 saturated heterocycles. The van der Waals surface area contributed by atoms with Crippen molar-refractivity contribution in [1.82, 2.24) is 9.21 Å². The van der Waals surface area contributed by atoms with Crippen molar-refractivity contribution in [3.05, 3.63) is 40.3 Å². The highest BCUT2D eigenvalue weighted by Gasteiger charge is 2.29. The van der Waals surface area contributed by atoms with Gasteiger partial charge in [-0.3, -0.25) is 9.69 Å². The van der Waals surface area contributed by atoms with Crippen LogP contribution >= 0.6 is 24.0 Å². The predicted molar refractivity (Wildman–Crippen MR) is 106 cm³/mol. The third kappa shape index (κ3) is 6.25. The van der Waals surface area contributed by atoms with Crippen LogP contribution in [-0.2, 0) is 14.8 Å². The van der Waals surface area contributed by atoms with E-state index >= 15 is 0 Å². The lowest BCUT2D eigenvalue weighted by Gasteiger charge is -2.36. The summed E-state index contributed by atoms with van der Waals surface area (Å²) in [6.45, 7) is 3.31. The minimum Gasteiger partial charge on any atom is -0.480 e. The first-order chi connectivity index (χ1) is 11.8. The molecule has 1 fully saturated rings. The van der Waals surface area contributed by atoms with Gasteiger partial charge in [-0.25, -0.2) is 8.42 Å². The van der Waals surface area contributed by atoms with Crippen molar-refractivity contribution >= 4 is 46.1 Å². The Hall–Kier alpha value is -1.12. The molecule has 0 aliphatic carbocycles. The standard InChI is InChI=1S/C17H23ClN2O4S.ClH/c1-2-19(13-17(21)22)15-7-10-20(11-8-15)25(23,24)12-9-14-5-3-4-6-16(14)18;/h3-6,9,12,15H,2,7-8,10-11,13H2,1H3,(H,21,22);1H/b12-9+;. The third-order valence-electron chi connectivity index (χ3n) is 4.37. The van der Waals surface area contributed by atoms with E-state index in [1.54, 1.807) is 24.3 Å². The molecule has 0 atom stereocenters. The maximum Gasteiger partial charge on any atom is 0.317 e. The lowest BCUT2D eigenvalue weighted by Crippen LogP contribution is -2.47. The smallest absolute Gasteiger partial charge is 0.317 e. The van der Waals surface area contributed by atoms with E-state index in [9.17, 15) is 13.2 Å². The van der Waals surface area contributed by atoms with E-state index in [0.29, 0.717) is 43.1 Å². The molecule has 0 aromatic heterocycles. The summed E-state index contributed by atoms with van der Waals surface area (Å²) in [4.78, 5) is 12.8. The van der Waals surface area contributed by atoms with Crippen LogP contribution in [0.1, 0.15) is 25.3 Å². The average molecular weight is 423 g/mol. The van der Waals surface area contributed by atoms with Crippen molar-refractivity contribution in [3.8, 4) is 0 Å². The number of halogens is 2. The Kier molecular flexibility index (Phi) is 9.06. The molecule has 0 radical (unpaired) electrons. The fourth-order valence-electron chi connectivity index (χ4n) is 2.99. The number of rotatable bonds is 7. The van der Waals surface area contributed by atoms with E-state index in [1.165, 1.54) is 15.8 Å². The summed E-state index contributed by atoms with van der Waals surface area (Å²) < 4.78 is 26.4. The van der Waals surface area contributed by atoms with E-state index < -0.39 is 16.0 Å². The summed E-state index contributed by atoms with van der Waals surface area (Å²) in [6.07, 6.45) is 2.76. The van der Waals surface area contributed by atoms with Gasteiger partial charge in [-0.1, -0.05) is 36.7 Å². The molecule has 0 bridgehead atoms. The number of aliphatic carboxylic acids is 1. The molecule has 0 spiro atoms. The second-order valence-electron chi connectivity index (χ2n) is 5.96. The second-order valence-corrected chi connectivity index (χ2v) is 8.18. The zero-order valence-corrected chi connectivity index (χ0v) is 16.9. The predicted octanol–water partition coefficient (Wildman–Crippen LogP) is 2.93. The Morgan fingerprint density at radius 1 is 1.35 bits per heavy atom. The second kappa shape index (κ2) is 10.3. The Morgan fingerprint density at radius 3 is 2.50 bits per heavy atom. The zero-order chi connectivity index (χ0) is 18.4. The Bertz CT molecular complexity index is 732. The number of carboxylic acid groups (broad SMARTS) is 1. The van der Waals surface area contributed by atoms with Crippen LogP contribution < -0.4 is 0 Å². The Balaban J connectivity index is 0.00000338. The zero-order valence-electron chi connectivity index (χ0n) is 14.5. The number of carboxylic acids is 1. The molecule has 1 aromatic carbocycles. The summed E-state index contributed by atoms with van der Waals surface area (Å²) in [5, 5.41) is 10.6. The summed E-state index contributed by atoms with van der Waals surface area (Å²) in [6, 6.07) is 7.15. The van der Waals surface area contributed by atoms with Gasteiger partial charge in [-0.15, -0.1) is 12.4 Å². The van der Waals surface area contributed by atoms with Gasteiger partial charge in [0.2, 0.25) is 10.0 Å². The van der Waals surface area contributed by atoms with Gasteiger partial charge in [0, 0.05) is 29.6 Å². The first-order valence-corrected chi connectivity index (χ1v) is 10.1. The van der Waals surface area contributed by atoms with Gasteiger partial charge in [0.1, 0.15) is 0 Å². The number of nitrogens with zero attached hydrogens (tertiary/aromatic N) is 2. The van der Waals surface area contributed by atoms with Crippen LogP contribution in [0.3, 0.4) is 0 Å². The summed E-state index contributed by atoms with van der Waals surface area (Å²) in [7, 11) is -3.52. The minimum absolute atomic E-state index is 0. The molecule has 146 valence electrons. The Morgan fingerprint density at radius 2 is 1.96 bits per heavy atom. The quantitative estimate of drug-likeness (QED) is 0.730. The first-order valence-electron chi connectivity index (χ1n) is 8.22. The highest BCUT2D eigenvalue weighted by Crippen LogP contribution is 2.21. The molecule has 6 nitrogen and oxygen atoms in total. The van der Waals surface area contributed by atoms with E-state index in [4.69, 9.17) is 16.7 Å². The van der Waals surface area contributed by atoms with Gasteiger partial charge in [-0.05, 0) is 37.1 Å². The molecule has 1 aliphatic heterocycles. The maximum atomic E-state index is 12.5. The van der Waals surface area contributed by atoms with Crippen LogP contribution in [0.25, 0.3) is 6.08 Å². The number of benzene rings is 1. The van der Waals surface area contributed by atoms with E-state index in [0.717, 1.165) is 0 Å². The lowest BCUT2D eigenvalue weighted by molar-refractivity contribution is -0.139. The van der Waals surface area contributed by atoms with Gasteiger partial charge in [0.25, 0.3) is 0 Å². The molecule has 1 N–H and O–H groups in total. The summed E-state index contributed by atoms with van der Waals surface area (Å²) in [5.41, 5.74) is 0.654. The largest absolute Gasteiger partial charge is 0.480 e. The maximum absolute atomic E-state index is 12.5. The van der Waals surface area contributed by atoms with Crippen molar-refractivity contribution < 1.29 is 18.3 Å². The lowest BCUT2D eigenvalue weighted by atomic mass is 10.0. The molecule has 1 aromatic rings. The molecule has 26 heavy (non-hydrogen) atoms. The molecular weight excluding hydrogens is 399 g/mol. The first kappa shape index (κ1) is 22.9. The molecule has 2 rings (SSSR count). The van der Waals surface area contributed by atoms with Crippen LogP contribution in [0.15, 0.2) is 29.7 Å². The topological polar surface area (TPSA) is 77.9 Å². The molecular formula is C17H24Cl2N2O4S. The van der Waals surface area contributed by atoms with Crippen LogP contribution in [0, 0.1) is 0 Å². The molecule has 1 aliphatic rings. The van der Waals surface area contributed by atoms with Crippen molar-refractivity contribution in [2.45, 2.75) is 25.8 Å². The molecule has 0 amide bonds. The van der Waals surface area contributed by atoms with Gasteiger partial charge >= 0.3 is 5.97 Å². The number of piperidine rings is 1. The average Bonchev–Trinajstić information content (AvgIpc) is 2.59. The van der Waals surface area contributed by atoms with E-state index in [-0.39, 0.29) is 25.0 Å². The monoisotopic (exact) mass is 422 g/mol. The van der Waals surface area contributed by atoms with Crippen molar-refractivity contribution in [2.75, 3.05) is 26.2 Å². The van der Waals surface area contributed by atoms with Crippen molar-refractivity contribution in [3.63, 3.8) is 0 Å². The van der Waals surface area contributed by atoms with Crippen LogP contribution in [0.5, 0.6) is 0 Å². The van der Waals surface area contributed by atoms with Gasteiger partial charge in [0.05, 0.1) is 6.54 Å². The fourth-order valence-corrected chi connectivity index (χ4v) is 4.40. The highest BCUT2D eigenvalue weighted by atomic mass is 35.5. The van der Waals surface area contributed by atoms with Crippen LogP contribution in [0.4, 0.5) is 0 Å². The number of sulfonamides is 1. The van der Waals surface area contributed by atoms with Gasteiger partial charge < -0.3 is 5.11 Å². The van der Waals surface area contributed by atoms with E-state index in [1.807, 2.05) is 11.8 Å². The van der Waals surface area contributed by atoms with Gasteiger partial charge in [-0.2, -0.15) is 4.31 Å². The van der Waals surface area contributed by atoms with Crippen molar-refractivity contribution in [1.29, 1.82) is 0 Å². The highest BCUT2D eigenvalue weighted by molar-refractivity contribution is 7.92. The number of hydrogen-bond acceptors (Lipinski definition) is 4. The fraction of sp³-hybridized carbons (Fsp3) is 0.471. The number of carbonyl (C=O) groups is 1. The van der Waals surface area contributed by atoms with Gasteiger partial charge in [0.15, 0.2) is 0 Å². The van der Waals surface area contributed by atoms with Crippen molar-refractivity contribution in [2.24, 2.45) is 0 Å². The number of hydrogen-bond donors (Lipinski definition) is 1. The molecule has 9 heteroatoms. The minimum atomic E-state index is -3.52. The summed E-state index contributed by atoms with van der Waals surface area (Å²) >= 11 is 6.04. The molecule has 0 unspecified atom stereocenters. The van der Waals surface area contributed by atoms with Crippen LogP contribution in [0.2, 0.25) is 5.02 Å². The van der Waals surface area contributed by atoms with E-state index in [2.05, 4.69) is 0 Å². The van der Waals surface area contributed by atoms with Crippen LogP contribution in [-0.4, -0.2) is 60.9 Å². The SMILES string of the molecule is CCN(CC(=O)O)C1CCN(S(=O)(=O)/C=C/c2ccccc2Cl)CC1.Cl. The Labute approximate surface area is 165 Å².